The number of benzene rings is 1. The Hall–Kier alpha value is -1.05. The van der Waals surface area contributed by atoms with Crippen molar-refractivity contribution in [3.05, 3.63) is 29.3 Å². The molecule has 4 nitrogen and oxygen atoms in total. The molecule has 1 heterocycles. The smallest absolute Gasteiger partial charge is 0.245 e. The fourth-order valence-corrected chi connectivity index (χ4v) is 4.12. The predicted octanol–water partition coefficient (Wildman–Crippen LogP) is 2.41. The molecule has 1 fully saturated rings. The fraction of sp³-hybridized carbons (Fsp3) is 0.571. The number of rotatable bonds is 3. The molecule has 0 radical (unpaired) electrons. The van der Waals surface area contributed by atoms with Crippen molar-refractivity contribution in [2.45, 2.75) is 43.6 Å². The van der Waals surface area contributed by atoms with Gasteiger partial charge in [0.25, 0.3) is 0 Å². The van der Waals surface area contributed by atoms with Crippen LogP contribution in [-0.4, -0.2) is 30.9 Å². The van der Waals surface area contributed by atoms with E-state index in [0.29, 0.717) is 13.1 Å². The van der Waals surface area contributed by atoms with Crippen molar-refractivity contribution >= 4 is 10.0 Å². The molecule has 0 atom stereocenters. The third kappa shape index (κ3) is 3.41. The van der Waals surface area contributed by atoms with Gasteiger partial charge in [0.15, 0.2) is 5.82 Å². The van der Waals surface area contributed by atoms with Gasteiger partial charge < -0.3 is 5.11 Å². The molecule has 7 heteroatoms. The molecule has 118 valence electrons. The van der Waals surface area contributed by atoms with Crippen LogP contribution in [-0.2, 0) is 16.6 Å². The van der Waals surface area contributed by atoms with Gasteiger partial charge in [-0.3, -0.25) is 0 Å². The van der Waals surface area contributed by atoms with Crippen molar-refractivity contribution in [1.29, 1.82) is 0 Å². The van der Waals surface area contributed by atoms with E-state index in [-0.39, 0.29) is 0 Å². The van der Waals surface area contributed by atoms with Crippen LogP contribution in [0.1, 0.15) is 37.7 Å². The van der Waals surface area contributed by atoms with Crippen LogP contribution < -0.4 is 0 Å². The van der Waals surface area contributed by atoms with E-state index in [4.69, 9.17) is 5.11 Å². The average Bonchev–Trinajstić information content (AvgIpc) is 2.37. The second kappa shape index (κ2) is 6.81. The molecule has 1 aliphatic rings. The molecule has 0 aromatic heterocycles. The number of aliphatic hydroxyl groups is 1. The maximum Gasteiger partial charge on any atom is 0.245 e. The Kier molecular flexibility index (Phi) is 5.29. The molecule has 1 aromatic rings. The lowest BCUT2D eigenvalue weighted by atomic mass is 10.1. The lowest BCUT2D eigenvalue weighted by Gasteiger charge is -2.24. The van der Waals surface area contributed by atoms with E-state index in [1.54, 1.807) is 0 Å². The number of aliphatic hydroxyl groups excluding tert-OH is 1. The number of halogens is 2. The normalized spacial score (nSPS) is 18.2. The van der Waals surface area contributed by atoms with Gasteiger partial charge in [-0.15, -0.1) is 0 Å². The summed E-state index contributed by atoms with van der Waals surface area (Å²) >= 11 is 0. The topological polar surface area (TPSA) is 57.6 Å². The third-order valence-electron chi connectivity index (χ3n) is 3.74. The van der Waals surface area contributed by atoms with E-state index < -0.39 is 38.7 Å². The van der Waals surface area contributed by atoms with Crippen molar-refractivity contribution in [2.75, 3.05) is 13.1 Å². The van der Waals surface area contributed by atoms with Crippen molar-refractivity contribution in [3.63, 3.8) is 0 Å². The first-order chi connectivity index (χ1) is 9.98. The van der Waals surface area contributed by atoms with Gasteiger partial charge in [0.1, 0.15) is 10.7 Å². The van der Waals surface area contributed by atoms with E-state index in [9.17, 15) is 17.2 Å². The molecule has 0 unspecified atom stereocenters. The Labute approximate surface area is 123 Å². The predicted molar refractivity (Wildman–Crippen MR) is 74.1 cm³/mol. The van der Waals surface area contributed by atoms with Crippen LogP contribution in [0.5, 0.6) is 0 Å². The van der Waals surface area contributed by atoms with Gasteiger partial charge >= 0.3 is 0 Å². The van der Waals surface area contributed by atoms with Gasteiger partial charge in [-0.1, -0.05) is 19.3 Å². The molecule has 21 heavy (non-hydrogen) atoms. The van der Waals surface area contributed by atoms with Crippen molar-refractivity contribution in [3.8, 4) is 0 Å². The Morgan fingerprint density at radius 2 is 1.62 bits per heavy atom. The van der Waals surface area contributed by atoms with Crippen LogP contribution >= 0.6 is 0 Å². The highest BCUT2D eigenvalue weighted by Crippen LogP contribution is 2.25. The first kappa shape index (κ1) is 16.3. The third-order valence-corrected chi connectivity index (χ3v) is 5.66. The summed E-state index contributed by atoms with van der Waals surface area (Å²) < 4.78 is 53.9. The second-order valence-corrected chi connectivity index (χ2v) is 7.07. The van der Waals surface area contributed by atoms with E-state index >= 15 is 0 Å². The van der Waals surface area contributed by atoms with Crippen LogP contribution in [0.4, 0.5) is 8.78 Å². The van der Waals surface area contributed by atoms with Gasteiger partial charge in [-0.05, 0) is 25.0 Å². The van der Waals surface area contributed by atoms with E-state index in [0.717, 1.165) is 44.2 Å². The molecule has 1 aliphatic heterocycles. The minimum absolute atomic E-state index is 0.341. The number of nitrogens with zero attached hydrogens (tertiary/aromatic N) is 1. The summed E-state index contributed by atoms with van der Waals surface area (Å²) in [6.45, 7) is -0.192. The lowest BCUT2D eigenvalue weighted by Crippen LogP contribution is -2.34. The monoisotopic (exact) mass is 319 g/mol. The zero-order chi connectivity index (χ0) is 15.5. The van der Waals surface area contributed by atoms with Gasteiger partial charge in [0, 0.05) is 13.1 Å². The minimum atomic E-state index is -4.00. The van der Waals surface area contributed by atoms with Crippen LogP contribution in [0, 0.1) is 11.6 Å². The molecule has 0 bridgehead atoms. The molecule has 1 saturated heterocycles. The molecule has 0 saturated carbocycles. The molecular formula is C14H19F2NO3S. The lowest BCUT2D eigenvalue weighted by molar-refractivity contribution is 0.267. The Morgan fingerprint density at radius 3 is 2.19 bits per heavy atom. The fourth-order valence-electron chi connectivity index (χ4n) is 2.52. The first-order valence-corrected chi connectivity index (χ1v) is 8.50. The van der Waals surface area contributed by atoms with Crippen molar-refractivity contribution in [2.24, 2.45) is 0 Å². The van der Waals surface area contributed by atoms with E-state index in [2.05, 4.69) is 0 Å². The number of sulfonamides is 1. The zero-order valence-corrected chi connectivity index (χ0v) is 12.5. The van der Waals surface area contributed by atoms with Gasteiger partial charge in [0.2, 0.25) is 10.0 Å². The Balaban J connectivity index is 2.38. The Bertz CT molecular complexity index is 596. The van der Waals surface area contributed by atoms with Crippen LogP contribution in [0.15, 0.2) is 17.0 Å². The highest BCUT2D eigenvalue weighted by molar-refractivity contribution is 7.89. The molecule has 0 amide bonds. The SMILES string of the molecule is O=S(=O)(c1ccc(F)c(CO)c1F)N1CCCCCCC1. The van der Waals surface area contributed by atoms with Gasteiger partial charge in [0.05, 0.1) is 12.2 Å². The van der Waals surface area contributed by atoms with E-state index in [1.165, 1.54) is 4.31 Å². The molecule has 1 aromatic carbocycles. The molecule has 0 aliphatic carbocycles. The van der Waals surface area contributed by atoms with Crippen LogP contribution in [0.3, 0.4) is 0 Å². The Morgan fingerprint density at radius 1 is 1.05 bits per heavy atom. The average molecular weight is 319 g/mol. The number of hydrogen-bond acceptors (Lipinski definition) is 3. The summed E-state index contributed by atoms with van der Waals surface area (Å²) in [4.78, 5) is -0.562. The second-order valence-electron chi connectivity index (χ2n) is 5.17. The van der Waals surface area contributed by atoms with Crippen molar-refractivity contribution in [1.82, 2.24) is 4.31 Å². The van der Waals surface area contributed by atoms with Gasteiger partial charge in [-0.25, -0.2) is 17.2 Å². The summed E-state index contributed by atoms with van der Waals surface area (Å²) in [7, 11) is -4.00. The standard InChI is InChI=1S/C14H19F2NO3S/c15-12-6-7-13(14(16)11(12)10-18)21(19,20)17-8-4-2-1-3-5-9-17/h6-7,18H,1-5,8-10H2. The maximum absolute atomic E-state index is 14.2. The summed E-state index contributed by atoms with van der Waals surface area (Å²) in [5.74, 6) is -2.14. The van der Waals surface area contributed by atoms with Gasteiger partial charge in [-0.2, -0.15) is 4.31 Å². The summed E-state index contributed by atoms with van der Waals surface area (Å²) in [6.07, 6.45) is 4.43. The number of hydrogen-bond donors (Lipinski definition) is 1. The van der Waals surface area contributed by atoms with Crippen LogP contribution in [0.25, 0.3) is 0 Å². The summed E-state index contributed by atoms with van der Waals surface area (Å²) in [5, 5.41) is 8.99. The molecule has 1 N–H and O–H groups in total. The molecule has 2 rings (SSSR count). The summed E-state index contributed by atoms with van der Waals surface area (Å²) in [6, 6.07) is 1.81. The van der Waals surface area contributed by atoms with Crippen LogP contribution in [0.2, 0.25) is 0 Å². The highest BCUT2D eigenvalue weighted by atomic mass is 32.2. The maximum atomic E-state index is 14.2. The quantitative estimate of drug-likeness (QED) is 0.931. The van der Waals surface area contributed by atoms with E-state index in [1.807, 2.05) is 0 Å². The zero-order valence-electron chi connectivity index (χ0n) is 11.7. The van der Waals surface area contributed by atoms with Crippen molar-refractivity contribution < 1.29 is 22.3 Å². The first-order valence-electron chi connectivity index (χ1n) is 7.06. The molecular weight excluding hydrogens is 300 g/mol. The highest BCUT2D eigenvalue weighted by Gasteiger charge is 2.29. The largest absolute Gasteiger partial charge is 0.391 e. The molecule has 0 spiro atoms. The summed E-state index contributed by atoms with van der Waals surface area (Å²) in [5.41, 5.74) is -0.608. The minimum Gasteiger partial charge on any atom is -0.391 e.